The molecule has 1 atom stereocenters. The lowest BCUT2D eigenvalue weighted by molar-refractivity contribution is -0.137. The van der Waals surface area contributed by atoms with Crippen LogP contribution in [-0.2, 0) is 29.1 Å². The van der Waals surface area contributed by atoms with E-state index in [1.807, 2.05) is 24.3 Å². The Labute approximate surface area is 260 Å². The van der Waals surface area contributed by atoms with Gasteiger partial charge in [-0.1, -0.05) is 36.4 Å². The van der Waals surface area contributed by atoms with Crippen molar-refractivity contribution in [2.24, 2.45) is 5.92 Å². The fraction of sp³-hybridized carbons (Fsp3) is 0.469. The highest BCUT2D eigenvalue weighted by atomic mass is 35.5. The number of aromatic nitrogens is 2. The minimum absolute atomic E-state index is 0. The predicted molar refractivity (Wildman–Crippen MR) is 166 cm³/mol. The van der Waals surface area contributed by atoms with Gasteiger partial charge in [0, 0.05) is 45.1 Å². The summed E-state index contributed by atoms with van der Waals surface area (Å²) >= 11 is 0. The van der Waals surface area contributed by atoms with Gasteiger partial charge in [0.1, 0.15) is 12.4 Å². The summed E-state index contributed by atoms with van der Waals surface area (Å²) in [6.07, 6.45) is 9.46. The molecule has 2 aliphatic rings. The second kappa shape index (κ2) is 16.7. The zero-order chi connectivity index (χ0) is 27.6. The highest BCUT2D eigenvalue weighted by Gasteiger charge is 2.40. The summed E-state index contributed by atoms with van der Waals surface area (Å²) < 4.78 is 18.0. The second-order valence-corrected chi connectivity index (χ2v) is 11.0. The number of halogens is 2. The Morgan fingerprint density at radius 1 is 0.952 bits per heavy atom. The maximum atomic E-state index is 10.7. The lowest BCUT2D eigenvalue weighted by Gasteiger charge is -2.46. The second-order valence-electron chi connectivity index (χ2n) is 11.0. The zero-order valence-electron chi connectivity index (χ0n) is 23.9. The van der Waals surface area contributed by atoms with Gasteiger partial charge in [0.15, 0.2) is 0 Å². The minimum Gasteiger partial charge on any atom is -0.489 e. The molecular formula is C32H41Cl2N3O5. The molecule has 5 rings (SSSR count). The standard InChI is InChI=1S/C32H39N3O5.2ClH/c36-30(37)11-8-25-6-9-29(10-7-25)39-24-28-4-2-27(3-5-28)23-35-18-14-32(15-19-35)22-26(13-21-40-32)12-20-38-31-33-16-1-17-34-31;;/h1-7,9-10,16-17,26H,8,11-15,18-24H2,(H,36,37);2*1H. The van der Waals surface area contributed by atoms with Crippen molar-refractivity contribution in [3.63, 3.8) is 0 Å². The highest BCUT2D eigenvalue weighted by Crippen LogP contribution is 2.39. The molecule has 42 heavy (non-hydrogen) atoms. The van der Waals surface area contributed by atoms with Crippen LogP contribution < -0.4 is 9.47 Å². The molecule has 2 aliphatic heterocycles. The molecule has 8 nitrogen and oxygen atoms in total. The topological polar surface area (TPSA) is 94.0 Å². The average molecular weight is 619 g/mol. The van der Waals surface area contributed by atoms with Gasteiger partial charge in [-0.25, -0.2) is 9.97 Å². The van der Waals surface area contributed by atoms with Gasteiger partial charge in [-0.3, -0.25) is 9.69 Å². The fourth-order valence-corrected chi connectivity index (χ4v) is 5.69. The quantitative estimate of drug-likeness (QED) is 0.259. The third-order valence-electron chi connectivity index (χ3n) is 8.05. The van der Waals surface area contributed by atoms with Crippen LogP contribution in [0.3, 0.4) is 0 Å². The summed E-state index contributed by atoms with van der Waals surface area (Å²) in [5, 5.41) is 8.83. The molecule has 228 valence electrons. The van der Waals surface area contributed by atoms with E-state index in [1.54, 1.807) is 18.5 Å². The molecule has 1 aromatic heterocycles. The van der Waals surface area contributed by atoms with Crippen molar-refractivity contribution in [2.45, 2.75) is 63.7 Å². The Morgan fingerprint density at radius 3 is 2.31 bits per heavy atom. The summed E-state index contributed by atoms with van der Waals surface area (Å²) in [6.45, 7) is 5.04. The molecule has 1 N–H and O–H groups in total. The number of carbonyl (C=O) groups is 1. The summed E-state index contributed by atoms with van der Waals surface area (Å²) in [7, 11) is 0. The van der Waals surface area contributed by atoms with Crippen molar-refractivity contribution in [3.05, 3.63) is 83.7 Å². The summed E-state index contributed by atoms with van der Waals surface area (Å²) in [5.74, 6) is 0.626. The highest BCUT2D eigenvalue weighted by molar-refractivity contribution is 5.85. The number of benzene rings is 2. The van der Waals surface area contributed by atoms with Crippen LogP contribution in [0.5, 0.6) is 11.8 Å². The van der Waals surface area contributed by atoms with Gasteiger partial charge in [-0.15, -0.1) is 24.8 Å². The molecule has 2 saturated heterocycles. The molecule has 3 heterocycles. The van der Waals surface area contributed by atoms with E-state index in [-0.39, 0.29) is 36.8 Å². The number of aliphatic carboxylic acids is 1. The number of ether oxygens (including phenoxy) is 3. The number of piperidine rings is 1. The Hall–Kier alpha value is -2.91. The van der Waals surface area contributed by atoms with Crippen LogP contribution in [0.25, 0.3) is 0 Å². The molecule has 0 amide bonds. The number of aryl methyl sites for hydroxylation is 1. The molecule has 0 aliphatic carbocycles. The van der Waals surface area contributed by atoms with E-state index in [0.717, 1.165) is 75.2 Å². The Balaban J connectivity index is 0.00000242. The lowest BCUT2D eigenvalue weighted by Crippen LogP contribution is -2.49. The predicted octanol–water partition coefficient (Wildman–Crippen LogP) is 6.15. The Morgan fingerprint density at radius 2 is 1.62 bits per heavy atom. The molecule has 2 fully saturated rings. The summed E-state index contributed by atoms with van der Waals surface area (Å²) in [6, 6.07) is 18.6. The zero-order valence-corrected chi connectivity index (χ0v) is 25.5. The van der Waals surface area contributed by atoms with Gasteiger partial charge in [0.05, 0.1) is 12.2 Å². The normalized spacial score (nSPS) is 18.0. The van der Waals surface area contributed by atoms with E-state index in [1.165, 1.54) is 5.56 Å². The first kappa shape index (κ1) is 33.6. The number of likely N-dealkylation sites (tertiary alicyclic amines) is 1. The van der Waals surface area contributed by atoms with Crippen molar-refractivity contribution in [2.75, 3.05) is 26.3 Å². The molecule has 10 heteroatoms. The van der Waals surface area contributed by atoms with Crippen molar-refractivity contribution in [1.82, 2.24) is 14.9 Å². The van der Waals surface area contributed by atoms with E-state index in [2.05, 4.69) is 39.1 Å². The monoisotopic (exact) mass is 617 g/mol. The third kappa shape index (κ3) is 10.1. The molecular weight excluding hydrogens is 577 g/mol. The smallest absolute Gasteiger partial charge is 0.316 e. The van der Waals surface area contributed by atoms with Crippen LogP contribution in [0.15, 0.2) is 67.0 Å². The molecule has 1 unspecified atom stereocenters. The molecule has 0 bridgehead atoms. The van der Waals surface area contributed by atoms with Crippen molar-refractivity contribution >= 4 is 30.8 Å². The van der Waals surface area contributed by atoms with Crippen LogP contribution in [0.1, 0.15) is 55.2 Å². The number of hydrogen-bond donors (Lipinski definition) is 1. The van der Waals surface area contributed by atoms with Crippen LogP contribution in [-0.4, -0.2) is 57.8 Å². The average Bonchev–Trinajstić information content (AvgIpc) is 2.98. The first-order valence-corrected chi connectivity index (χ1v) is 14.3. The third-order valence-corrected chi connectivity index (χ3v) is 8.05. The lowest BCUT2D eigenvalue weighted by atomic mass is 9.78. The van der Waals surface area contributed by atoms with Crippen LogP contribution in [0, 0.1) is 5.92 Å². The molecule has 0 saturated carbocycles. The van der Waals surface area contributed by atoms with Gasteiger partial charge in [0.2, 0.25) is 0 Å². The summed E-state index contributed by atoms with van der Waals surface area (Å²) in [5.41, 5.74) is 3.45. The largest absolute Gasteiger partial charge is 0.489 e. The van der Waals surface area contributed by atoms with Crippen molar-refractivity contribution < 1.29 is 24.1 Å². The van der Waals surface area contributed by atoms with Gasteiger partial charge in [-0.05, 0) is 79.3 Å². The van der Waals surface area contributed by atoms with Crippen molar-refractivity contribution in [1.29, 1.82) is 0 Å². The first-order valence-electron chi connectivity index (χ1n) is 14.3. The van der Waals surface area contributed by atoms with E-state index in [9.17, 15) is 4.79 Å². The molecule has 0 radical (unpaired) electrons. The van der Waals surface area contributed by atoms with E-state index < -0.39 is 5.97 Å². The number of carboxylic acids is 1. The number of rotatable bonds is 12. The van der Waals surface area contributed by atoms with Gasteiger partial charge in [-0.2, -0.15) is 0 Å². The van der Waals surface area contributed by atoms with Crippen LogP contribution in [0.4, 0.5) is 0 Å². The molecule has 2 aromatic carbocycles. The van der Waals surface area contributed by atoms with Crippen LogP contribution >= 0.6 is 24.8 Å². The van der Waals surface area contributed by atoms with Gasteiger partial charge >= 0.3 is 12.0 Å². The maximum absolute atomic E-state index is 10.7. The number of hydrogen-bond acceptors (Lipinski definition) is 7. The van der Waals surface area contributed by atoms with Gasteiger partial charge < -0.3 is 19.3 Å². The minimum atomic E-state index is -0.780. The van der Waals surface area contributed by atoms with Gasteiger partial charge in [0.25, 0.3) is 0 Å². The van der Waals surface area contributed by atoms with E-state index >= 15 is 0 Å². The maximum Gasteiger partial charge on any atom is 0.316 e. The fourth-order valence-electron chi connectivity index (χ4n) is 5.69. The van der Waals surface area contributed by atoms with E-state index in [0.29, 0.717) is 31.6 Å². The number of nitrogens with zero attached hydrogens (tertiary/aromatic N) is 3. The Kier molecular flexibility index (Phi) is 13.3. The molecule has 3 aromatic rings. The van der Waals surface area contributed by atoms with E-state index in [4.69, 9.17) is 19.3 Å². The van der Waals surface area contributed by atoms with Crippen LogP contribution in [0.2, 0.25) is 0 Å². The first-order chi connectivity index (χ1) is 19.6. The number of carboxylic acid groups (broad SMARTS) is 1. The SMILES string of the molecule is Cl.Cl.O=C(O)CCc1ccc(OCc2ccc(CN3CCC4(CC3)CC(CCOc3ncccn3)CCO4)cc2)cc1. The molecule has 1 spiro atoms. The van der Waals surface area contributed by atoms with Crippen molar-refractivity contribution in [3.8, 4) is 11.8 Å². The Bertz CT molecular complexity index is 1210. The summed E-state index contributed by atoms with van der Waals surface area (Å²) in [4.78, 5) is 21.6.